The van der Waals surface area contributed by atoms with Gasteiger partial charge in [0.25, 0.3) is 5.56 Å². The molecule has 0 aliphatic carbocycles. The van der Waals surface area contributed by atoms with Crippen LogP contribution in [0, 0.1) is 0 Å². The van der Waals surface area contributed by atoms with E-state index in [-0.39, 0.29) is 23.7 Å². The highest BCUT2D eigenvalue weighted by Gasteiger charge is 2.28. The Morgan fingerprint density at radius 2 is 1.86 bits per heavy atom. The van der Waals surface area contributed by atoms with Crippen molar-refractivity contribution >= 4 is 17.5 Å². The SMILES string of the molecule is CCCn1c(N)c(C(=O)C[NH+]2CCN(c3ncccn3)CC2)c(=O)n(C)c1=O. The molecule has 1 saturated heterocycles. The lowest BCUT2D eigenvalue weighted by molar-refractivity contribution is -0.892. The lowest BCUT2D eigenvalue weighted by Crippen LogP contribution is -3.15. The highest BCUT2D eigenvalue weighted by molar-refractivity contribution is 6.00. The molecule has 0 atom stereocenters. The fourth-order valence-electron chi connectivity index (χ4n) is 3.45. The molecule has 2 aromatic heterocycles. The second-order valence-corrected chi connectivity index (χ2v) is 6.94. The fourth-order valence-corrected chi connectivity index (χ4v) is 3.45. The molecule has 0 spiro atoms. The lowest BCUT2D eigenvalue weighted by Gasteiger charge is -2.31. The number of nitrogen functional groups attached to an aromatic ring is 1. The minimum absolute atomic E-state index is 0.0318. The number of quaternary nitrogens is 1. The molecule has 1 fully saturated rings. The van der Waals surface area contributed by atoms with Gasteiger partial charge in [-0.3, -0.25) is 18.7 Å². The van der Waals surface area contributed by atoms with Crippen LogP contribution in [0.15, 0.2) is 28.0 Å². The third-order valence-corrected chi connectivity index (χ3v) is 5.03. The second kappa shape index (κ2) is 8.34. The molecular weight excluding hydrogens is 362 g/mol. The first kappa shape index (κ1) is 19.7. The zero-order valence-electron chi connectivity index (χ0n) is 16.2. The first-order chi connectivity index (χ1) is 13.4. The molecule has 3 heterocycles. The number of hydrogen-bond acceptors (Lipinski definition) is 7. The Bertz CT molecular complexity index is 960. The molecule has 3 rings (SSSR count). The number of hydrogen-bond donors (Lipinski definition) is 2. The summed E-state index contributed by atoms with van der Waals surface area (Å²) >= 11 is 0. The standard InChI is InChI=1S/C18H25N7O3/c1-3-7-25-15(19)14(16(27)22(2)18(25)28)13(26)12-23-8-10-24(11-9-23)17-20-5-4-6-21-17/h4-6H,3,7-12,19H2,1-2H3/p+1. The van der Waals surface area contributed by atoms with Crippen LogP contribution in [0.3, 0.4) is 0 Å². The van der Waals surface area contributed by atoms with Crippen LogP contribution in [-0.2, 0) is 13.6 Å². The molecular formula is C18H26N7O3+. The molecule has 0 bridgehead atoms. The van der Waals surface area contributed by atoms with Crippen LogP contribution in [0.2, 0.25) is 0 Å². The normalized spacial score (nSPS) is 15.0. The minimum atomic E-state index is -0.629. The van der Waals surface area contributed by atoms with E-state index < -0.39 is 11.2 Å². The van der Waals surface area contributed by atoms with Gasteiger partial charge >= 0.3 is 5.69 Å². The van der Waals surface area contributed by atoms with Gasteiger partial charge in [-0.05, 0) is 12.5 Å². The summed E-state index contributed by atoms with van der Waals surface area (Å²) < 4.78 is 2.26. The van der Waals surface area contributed by atoms with Crippen LogP contribution in [0.1, 0.15) is 23.7 Å². The van der Waals surface area contributed by atoms with E-state index in [9.17, 15) is 14.4 Å². The number of ketones is 1. The molecule has 10 nitrogen and oxygen atoms in total. The van der Waals surface area contributed by atoms with Crippen molar-refractivity contribution in [1.29, 1.82) is 0 Å². The summed E-state index contributed by atoms with van der Waals surface area (Å²) in [4.78, 5) is 49.2. The molecule has 0 saturated carbocycles. The van der Waals surface area contributed by atoms with E-state index in [1.54, 1.807) is 18.5 Å². The Balaban J connectivity index is 1.74. The van der Waals surface area contributed by atoms with Crippen LogP contribution in [0.4, 0.5) is 11.8 Å². The van der Waals surface area contributed by atoms with Crippen molar-refractivity contribution in [2.24, 2.45) is 7.05 Å². The Kier molecular flexibility index (Phi) is 5.88. The van der Waals surface area contributed by atoms with Gasteiger partial charge in [0.15, 0.2) is 0 Å². The van der Waals surface area contributed by atoms with Crippen molar-refractivity contribution in [3.8, 4) is 0 Å². The van der Waals surface area contributed by atoms with E-state index in [4.69, 9.17) is 5.73 Å². The summed E-state index contributed by atoms with van der Waals surface area (Å²) in [6.45, 7) is 5.30. The molecule has 0 unspecified atom stereocenters. The van der Waals surface area contributed by atoms with Gasteiger partial charge in [-0.25, -0.2) is 14.8 Å². The van der Waals surface area contributed by atoms with E-state index in [1.165, 1.54) is 11.6 Å². The van der Waals surface area contributed by atoms with Crippen LogP contribution >= 0.6 is 0 Å². The highest BCUT2D eigenvalue weighted by atomic mass is 16.2. The van der Waals surface area contributed by atoms with Crippen LogP contribution < -0.4 is 26.8 Å². The van der Waals surface area contributed by atoms with Gasteiger partial charge in [0, 0.05) is 26.0 Å². The summed E-state index contributed by atoms with van der Waals surface area (Å²) in [6, 6.07) is 1.77. The monoisotopic (exact) mass is 388 g/mol. The number of nitrogens with two attached hydrogens (primary N) is 1. The summed E-state index contributed by atoms with van der Waals surface area (Å²) in [6.07, 6.45) is 4.08. The quantitative estimate of drug-likeness (QED) is 0.545. The first-order valence-electron chi connectivity index (χ1n) is 9.42. The molecule has 10 heteroatoms. The van der Waals surface area contributed by atoms with E-state index in [1.807, 2.05) is 6.92 Å². The number of nitrogens with zero attached hydrogens (tertiary/aromatic N) is 5. The maximum absolute atomic E-state index is 12.9. The minimum Gasteiger partial charge on any atom is -0.384 e. The zero-order valence-corrected chi connectivity index (χ0v) is 16.2. The van der Waals surface area contributed by atoms with Crippen molar-refractivity contribution in [3.63, 3.8) is 0 Å². The summed E-state index contributed by atoms with van der Waals surface area (Å²) in [7, 11) is 1.37. The molecule has 1 aliphatic heterocycles. The number of piperazine rings is 1. The third-order valence-electron chi connectivity index (χ3n) is 5.03. The van der Waals surface area contributed by atoms with Crippen LogP contribution in [0.5, 0.6) is 0 Å². The zero-order chi connectivity index (χ0) is 20.3. The summed E-state index contributed by atoms with van der Waals surface area (Å²) in [5.74, 6) is 0.315. The number of aromatic nitrogens is 4. The van der Waals surface area contributed by atoms with E-state index in [0.29, 0.717) is 18.9 Å². The topological polar surface area (TPSA) is 121 Å². The van der Waals surface area contributed by atoms with Crippen molar-refractivity contribution in [3.05, 3.63) is 44.9 Å². The Morgan fingerprint density at radius 3 is 2.46 bits per heavy atom. The van der Waals surface area contributed by atoms with Gasteiger partial charge < -0.3 is 15.5 Å². The Labute approximate surface area is 162 Å². The average Bonchev–Trinajstić information content (AvgIpc) is 2.71. The summed E-state index contributed by atoms with van der Waals surface area (Å²) in [5, 5.41) is 0. The number of carbonyl (C=O) groups is 1. The van der Waals surface area contributed by atoms with Crippen molar-refractivity contribution in [2.75, 3.05) is 43.4 Å². The number of carbonyl (C=O) groups excluding carboxylic acids is 1. The molecule has 3 N–H and O–H groups in total. The fraction of sp³-hybridized carbons (Fsp3) is 0.500. The van der Waals surface area contributed by atoms with Gasteiger partial charge in [0.1, 0.15) is 17.9 Å². The lowest BCUT2D eigenvalue weighted by atomic mass is 10.1. The Hall–Kier alpha value is -3.01. The molecule has 28 heavy (non-hydrogen) atoms. The van der Waals surface area contributed by atoms with Crippen LogP contribution in [-0.4, -0.2) is 57.6 Å². The maximum atomic E-state index is 12.9. The largest absolute Gasteiger partial charge is 0.384 e. The predicted octanol–water partition coefficient (Wildman–Crippen LogP) is -2.08. The maximum Gasteiger partial charge on any atom is 0.332 e. The second-order valence-electron chi connectivity index (χ2n) is 6.94. The number of anilines is 2. The highest BCUT2D eigenvalue weighted by Crippen LogP contribution is 2.07. The van der Waals surface area contributed by atoms with Gasteiger partial charge in [-0.2, -0.15) is 0 Å². The van der Waals surface area contributed by atoms with Crippen molar-refractivity contribution < 1.29 is 9.69 Å². The molecule has 150 valence electrons. The van der Waals surface area contributed by atoms with E-state index in [2.05, 4.69) is 14.9 Å². The van der Waals surface area contributed by atoms with Gasteiger partial charge in [-0.1, -0.05) is 6.92 Å². The molecule has 0 aromatic carbocycles. The van der Waals surface area contributed by atoms with E-state index >= 15 is 0 Å². The van der Waals surface area contributed by atoms with Gasteiger partial charge in [-0.15, -0.1) is 0 Å². The number of rotatable bonds is 6. The smallest absolute Gasteiger partial charge is 0.332 e. The van der Waals surface area contributed by atoms with Crippen LogP contribution in [0.25, 0.3) is 0 Å². The molecule has 0 radical (unpaired) electrons. The molecule has 1 aliphatic rings. The van der Waals surface area contributed by atoms with Crippen molar-refractivity contribution in [1.82, 2.24) is 19.1 Å². The average molecular weight is 388 g/mol. The Morgan fingerprint density at radius 1 is 1.21 bits per heavy atom. The van der Waals surface area contributed by atoms with E-state index in [0.717, 1.165) is 35.6 Å². The molecule has 2 aromatic rings. The van der Waals surface area contributed by atoms with Gasteiger partial charge in [0.05, 0.1) is 26.2 Å². The summed E-state index contributed by atoms with van der Waals surface area (Å²) in [5.41, 5.74) is 4.83. The van der Waals surface area contributed by atoms with Crippen molar-refractivity contribution in [2.45, 2.75) is 19.9 Å². The number of nitrogens with one attached hydrogen (secondary N) is 1. The van der Waals surface area contributed by atoms with Gasteiger partial charge in [0.2, 0.25) is 11.7 Å². The molecule has 0 amide bonds. The predicted molar refractivity (Wildman–Crippen MR) is 105 cm³/mol. The first-order valence-corrected chi connectivity index (χ1v) is 9.42. The number of Topliss-reactive ketones (excluding diaryl/α,β-unsaturated/α-hetero) is 1. The third kappa shape index (κ3) is 3.81.